The summed E-state index contributed by atoms with van der Waals surface area (Å²) in [6.07, 6.45) is 1.11. The number of nitrogens with one attached hydrogen (secondary N) is 2. The third-order valence-electron chi connectivity index (χ3n) is 5.86. The number of esters is 1. The van der Waals surface area contributed by atoms with Gasteiger partial charge in [0.1, 0.15) is 5.82 Å². The first-order chi connectivity index (χ1) is 14.4. The van der Waals surface area contributed by atoms with Crippen LogP contribution in [-0.2, 0) is 9.53 Å². The van der Waals surface area contributed by atoms with Gasteiger partial charge in [-0.25, -0.2) is 14.0 Å². The molecule has 1 saturated heterocycles. The Hall–Kier alpha value is -2.45. The van der Waals surface area contributed by atoms with Gasteiger partial charge in [0, 0.05) is 44.5 Å². The highest BCUT2D eigenvalue weighted by Gasteiger charge is 2.34. The fourth-order valence-corrected chi connectivity index (χ4v) is 3.94. The fraction of sp³-hybridized carbons (Fsp3) is 0.545. The summed E-state index contributed by atoms with van der Waals surface area (Å²) in [7, 11) is 0. The van der Waals surface area contributed by atoms with E-state index in [0.717, 1.165) is 32.6 Å². The highest BCUT2D eigenvalue weighted by Crippen LogP contribution is 2.28. The number of halogens is 1. The first-order valence-electron chi connectivity index (χ1n) is 10.6. The van der Waals surface area contributed by atoms with Crippen molar-refractivity contribution in [2.24, 2.45) is 0 Å². The zero-order valence-electron chi connectivity index (χ0n) is 17.9. The van der Waals surface area contributed by atoms with E-state index in [1.54, 1.807) is 19.1 Å². The van der Waals surface area contributed by atoms with Gasteiger partial charge in [-0.15, -0.1) is 0 Å². The van der Waals surface area contributed by atoms with Crippen LogP contribution in [0.2, 0.25) is 0 Å². The van der Waals surface area contributed by atoms with Gasteiger partial charge in [0.2, 0.25) is 0 Å². The summed E-state index contributed by atoms with van der Waals surface area (Å²) in [5.41, 5.74) is 1.55. The second-order valence-corrected chi connectivity index (χ2v) is 7.77. The first kappa shape index (κ1) is 22.2. The van der Waals surface area contributed by atoms with Crippen LogP contribution in [0, 0.1) is 5.82 Å². The van der Waals surface area contributed by atoms with E-state index in [2.05, 4.69) is 34.3 Å². The van der Waals surface area contributed by atoms with Gasteiger partial charge >= 0.3 is 12.0 Å². The molecule has 1 fully saturated rings. The molecular formula is C22H31FN4O3. The number of urea groups is 1. The Bertz CT molecular complexity index is 788. The zero-order valence-corrected chi connectivity index (χ0v) is 17.9. The van der Waals surface area contributed by atoms with Gasteiger partial charge in [0.05, 0.1) is 18.2 Å². The zero-order chi connectivity index (χ0) is 21.7. The summed E-state index contributed by atoms with van der Waals surface area (Å²) >= 11 is 0. The maximum absolute atomic E-state index is 13.4. The molecule has 2 atom stereocenters. The molecule has 0 radical (unpaired) electrons. The lowest BCUT2D eigenvalue weighted by Gasteiger charge is -2.39. The van der Waals surface area contributed by atoms with E-state index in [0.29, 0.717) is 29.4 Å². The molecule has 30 heavy (non-hydrogen) atoms. The number of nitrogens with zero attached hydrogens (tertiary/aromatic N) is 2. The third kappa shape index (κ3) is 5.17. The predicted molar refractivity (Wildman–Crippen MR) is 112 cm³/mol. The minimum Gasteiger partial charge on any atom is -0.463 e. The molecule has 7 nitrogen and oxygen atoms in total. The molecule has 2 aliphatic heterocycles. The van der Waals surface area contributed by atoms with Crippen LogP contribution >= 0.6 is 0 Å². The fourth-order valence-electron chi connectivity index (χ4n) is 3.94. The molecule has 164 valence electrons. The largest absolute Gasteiger partial charge is 0.463 e. The molecule has 0 saturated carbocycles. The molecule has 8 heteroatoms. The standard InChI is InChI=1S/C22H31FN4O3/c1-4-15(3)27-12-10-26(11-13-27)14-18-19(21(28)30-5-2)20(25-22(29)24-18)16-6-8-17(23)9-7-16/h6-9,15,20H,4-5,10-14H2,1-3H3,(H2,24,25,29)/t15-,20+/m0/s1. The van der Waals surface area contributed by atoms with Crippen LogP contribution in [0.3, 0.4) is 0 Å². The summed E-state index contributed by atoms with van der Waals surface area (Å²) in [4.78, 5) is 29.9. The van der Waals surface area contributed by atoms with Crippen molar-refractivity contribution in [3.8, 4) is 0 Å². The SMILES string of the molecule is CCOC(=O)C1=C(CN2CCN([C@@H](C)CC)CC2)NC(=O)N[C@@H]1c1ccc(F)cc1. The Labute approximate surface area is 177 Å². The summed E-state index contributed by atoms with van der Waals surface area (Å²) < 4.78 is 18.7. The smallest absolute Gasteiger partial charge is 0.338 e. The molecule has 1 aromatic carbocycles. The minimum atomic E-state index is -0.685. The minimum absolute atomic E-state index is 0.229. The lowest BCUT2D eigenvalue weighted by Crippen LogP contribution is -2.53. The Morgan fingerprint density at radius 2 is 1.87 bits per heavy atom. The van der Waals surface area contributed by atoms with Crippen molar-refractivity contribution >= 4 is 12.0 Å². The van der Waals surface area contributed by atoms with Crippen LogP contribution in [0.25, 0.3) is 0 Å². The van der Waals surface area contributed by atoms with E-state index < -0.39 is 12.0 Å². The van der Waals surface area contributed by atoms with Crippen LogP contribution in [0.4, 0.5) is 9.18 Å². The number of rotatable bonds is 7. The molecule has 2 amide bonds. The molecule has 2 aliphatic rings. The monoisotopic (exact) mass is 418 g/mol. The van der Waals surface area contributed by atoms with Crippen molar-refractivity contribution in [1.29, 1.82) is 0 Å². The van der Waals surface area contributed by atoms with E-state index in [4.69, 9.17) is 4.74 Å². The van der Waals surface area contributed by atoms with Gasteiger partial charge in [0.25, 0.3) is 0 Å². The molecule has 0 aliphatic carbocycles. The van der Waals surface area contributed by atoms with Crippen molar-refractivity contribution in [3.63, 3.8) is 0 Å². The molecule has 2 heterocycles. The van der Waals surface area contributed by atoms with E-state index in [9.17, 15) is 14.0 Å². The normalized spacial score (nSPS) is 21.7. The molecule has 0 aromatic heterocycles. The number of hydrogen-bond donors (Lipinski definition) is 2. The molecule has 2 N–H and O–H groups in total. The number of piperazine rings is 1. The Balaban J connectivity index is 1.85. The van der Waals surface area contributed by atoms with Gasteiger partial charge in [-0.3, -0.25) is 9.80 Å². The van der Waals surface area contributed by atoms with E-state index in [1.165, 1.54) is 12.1 Å². The van der Waals surface area contributed by atoms with Crippen molar-refractivity contribution < 1.29 is 18.7 Å². The van der Waals surface area contributed by atoms with Crippen LogP contribution < -0.4 is 10.6 Å². The van der Waals surface area contributed by atoms with Gasteiger partial charge < -0.3 is 15.4 Å². The predicted octanol–water partition coefficient (Wildman–Crippen LogP) is 2.41. The average molecular weight is 419 g/mol. The van der Waals surface area contributed by atoms with Gasteiger partial charge in [-0.2, -0.15) is 0 Å². The molecule has 0 bridgehead atoms. The maximum atomic E-state index is 13.4. The number of benzene rings is 1. The Kier molecular flexibility index (Phi) is 7.44. The maximum Gasteiger partial charge on any atom is 0.338 e. The van der Waals surface area contributed by atoms with E-state index in [1.807, 2.05) is 0 Å². The van der Waals surface area contributed by atoms with E-state index >= 15 is 0 Å². The second kappa shape index (κ2) is 10.0. The summed E-state index contributed by atoms with van der Waals surface area (Å²) in [6, 6.07) is 5.27. The van der Waals surface area contributed by atoms with Crippen LogP contribution in [0.1, 0.15) is 38.8 Å². The first-order valence-corrected chi connectivity index (χ1v) is 10.6. The van der Waals surface area contributed by atoms with Crippen LogP contribution in [-0.4, -0.2) is 67.2 Å². The highest BCUT2D eigenvalue weighted by molar-refractivity contribution is 5.95. The number of ether oxygens (including phenoxy) is 1. The lowest BCUT2D eigenvalue weighted by atomic mass is 9.95. The molecule has 1 aromatic rings. The van der Waals surface area contributed by atoms with Crippen molar-refractivity contribution in [3.05, 3.63) is 46.9 Å². The van der Waals surface area contributed by atoms with Crippen molar-refractivity contribution in [2.45, 2.75) is 39.3 Å². The number of amides is 2. The highest BCUT2D eigenvalue weighted by atomic mass is 19.1. The second-order valence-electron chi connectivity index (χ2n) is 7.77. The van der Waals surface area contributed by atoms with Gasteiger partial charge in [-0.1, -0.05) is 19.1 Å². The summed E-state index contributed by atoms with van der Waals surface area (Å²) in [6.45, 7) is 10.5. The Morgan fingerprint density at radius 1 is 1.20 bits per heavy atom. The summed E-state index contributed by atoms with van der Waals surface area (Å²) in [5, 5.41) is 5.59. The summed E-state index contributed by atoms with van der Waals surface area (Å²) in [5.74, 6) is -0.854. The van der Waals surface area contributed by atoms with Crippen molar-refractivity contribution in [2.75, 3.05) is 39.3 Å². The number of carbonyl (C=O) groups is 2. The topological polar surface area (TPSA) is 73.9 Å². The quantitative estimate of drug-likeness (QED) is 0.666. The van der Waals surface area contributed by atoms with Gasteiger partial charge in [-0.05, 0) is 38.0 Å². The van der Waals surface area contributed by atoms with Crippen molar-refractivity contribution in [1.82, 2.24) is 20.4 Å². The molecule has 0 unspecified atom stereocenters. The molecule has 3 rings (SSSR count). The molecular weight excluding hydrogens is 387 g/mol. The van der Waals surface area contributed by atoms with E-state index in [-0.39, 0.29) is 18.5 Å². The lowest BCUT2D eigenvalue weighted by molar-refractivity contribution is -0.139. The number of hydrogen-bond acceptors (Lipinski definition) is 5. The third-order valence-corrected chi connectivity index (χ3v) is 5.86. The van der Waals surface area contributed by atoms with Gasteiger partial charge in [0.15, 0.2) is 0 Å². The Morgan fingerprint density at radius 3 is 2.47 bits per heavy atom. The van der Waals surface area contributed by atoms with Crippen LogP contribution in [0.5, 0.6) is 0 Å². The molecule has 0 spiro atoms. The van der Waals surface area contributed by atoms with Crippen LogP contribution in [0.15, 0.2) is 35.5 Å². The average Bonchev–Trinajstić information content (AvgIpc) is 2.74. The number of carbonyl (C=O) groups excluding carboxylic acids is 2.